The van der Waals surface area contributed by atoms with Gasteiger partial charge in [-0.1, -0.05) is 59.1 Å². The van der Waals surface area contributed by atoms with Crippen molar-refractivity contribution in [3.63, 3.8) is 0 Å². The molecule has 8 atom stereocenters. The van der Waals surface area contributed by atoms with Crippen LogP contribution in [0, 0.1) is 40.4 Å². The first-order chi connectivity index (χ1) is 16.2. The van der Waals surface area contributed by atoms with E-state index in [1.54, 1.807) is 5.57 Å². The van der Waals surface area contributed by atoms with Crippen LogP contribution in [0.2, 0.25) is 0 Å². The molecule has 34 heavy (non-hydrogen) atoms. The summed E-state index contributed by atoms with van der Waals surface area (Å²) in [5, 5.41) is 10.3. The second kappa shape index (κ2) is 10.7. The van der Waals surface area contributed by atoms with Gasteiger partial charge in [-0.3, -0.25) is 4.79 Å². The first-order valence-corrected chi connectivity index (χ1v) is 14.8. The van der Waals surface area contributed by atoms with Crippen LogP contribution in [0.25, 0.3) is 0 Å². The lowest BCUT2D eigenvalue weighted by atomic mass is 9.47. The minimum atomic E-state index is -0.118. The number of aliphatic hydroxyl groups is 1. The van der Waals surface area contributed by atoms with Crippen molar-refractivity contribution in [1.29, 1.82) is 0 Å². The molecule has 0 aromatic rings. The quantitative estimate of drug-likeness (QED) is 0.274. The molecule has 0 saturated heterocycles. The van der Waals surface area contributed by atoms with Crippen LogP contribution in [0.15, 0.2) is 11.6 Å². The molecular weight excluding hydrogens is 420 g/mol. The van der Waals surface area contributed by atoms with Crippen LogP contribution in [0.4, 0.5) is 0 Å². The number of esters is 1. The van der Waals surface area contributed by atoms with E-state index in [2.05, 4.69) is 40.7 Å². The number of allylic oxidation sites excluding steroid dienone is 1. The molecule has 3 saturated carbocycles. The molecule has 0 aromatic carbocycles. The van der Waals surface area contributed by atoms with Crippen molar-refractivity contribution in [3.05, 3.63) is 11.6 Å². The smallest absolute Gasteiger partial charge is 0.306 e. The number of aliphatic hydroxyl groups excluding tert-OH is 1. The molecule has 0 bridgehead atoms. The Hall–Kier alpha value is -0.830. The van der Waals surface area contributed by atoms with Crippen molar-refractivity contribution < 1.29 is 14.6 Å². The molecule has 3 fully saturated rings. The largest absolute Gasteiger partial charge is 0.462 e. The van der Waals surface area contributed by atoms with Gasteiger partial charge in [-0.15, -0.1) is 0 Å². The third-order valence-electron chi connectivity index (χ3n) is 11.2. The van der Waals surface area contributed by atoms with Crippen LogP contribution in [0.1, 0.15) is 125 Å². The molecule has 0 radical (unpaired) electrons. The summed E-state index contributed by atoms with van der Waals surface area (Å²) in [4.78, 5) is 12.6. The van der Waals surface area contributed by atoms with E-state index in [9.17, 15) is 9.90 Å². The maximum atomic E-state index is 12.6. The first kappa shape index (κ1) is 26.2. The second-order valence-corrected chi connectivity index (χ2v) is 13.1. The molecule has 0 amide bonds. The van der Waals surface area contributed by atoms with Crippen LogP contribution in [-0.4, -0.2) is 23.3 Å². The molecular formula is C31H52O3. The summed E-state index contributed by atoms with van der Waals surface area (Å²) in [6.45, 7) is 11.9. The van der Waals surface area contributed by atoms with Gasteiger partial charge in [0, 0.05) is 6.42 Å². The third-order valence-corrected chi connectivity index (χ3v) is 11.2. The van der Waals surface area contributed by atoms with Crippen molar-refractivity contribution in [2.75, 3.05) is 0 Å². The van der Waals surface area contributed by atoms with Crippen LogP contribution in [-0.2, 0) is 9.53 Å². The Kier molecular flexibility index (Phi) is 8.22. The van der Waals surface area contributed by atoms with Gasteiger partial charge >= 0.3 is 5.97 Å². The minimum Gasteiger partial charge on any atom is -0.462 e. The van der Waals surface area contributed by atoms with Crippen LogP contribution in [0.5, 0.6) is 0 Å². The van der Waals surface area contributed by atoms with Crippen molar-refractivity contribution in [1.82, 2.24) is 0 Å². The van der Waals surface area contributed by atoms with Gasteiger partial charge in [0.25, 0.3) is 0 Å². The number of carbonyl (C=O) groups is 1. The number of carbonyl (C=O) groups excluding carboxylic acids is 1. The molecule has 3 nitrogen and oxygen atoms in total. The molecule has 0 aromatic heterocycles. The molecule has 0 unspecified atom stereocenters. The Balaban J connectivity index is 1.37. The highest BCUT2D eigenvalue weighted by Crippen LogP contribution is 2.67. The standard InChI is InChI=1S/C31H52O3/c1-6-8-24(9-7-2)34-29(33)15-10-21(3)26-13-14-27-25-12-11-22-20-23(32)16-18-30(22,4)28(25)17-19-31(26,27)5/h11,21,23-28,32H,6-10,12-20H2,1-5H3/t21-,23+,25+,26-,27+,28+,30+,31-/m1/s1. The second-order valence-electron chi connectivity index (χ2n) is 13.1. The number of fused-ring (bicyclic) bond motifs is 5. The lowest BCUT2D eigenvalue weighted by Gasteiger charge is -2.58. The van der Waals surface area contributed by atoms with E-state index in [-0.39, 0.29) is 18.2 Å². The Morgan fingerprint density at radius 1 is 1.06 bits per heavy atom. The lowest BCUT2D eigenvalue weighted by molar-refractivity contribution is -0.150. The van der Waals surface area contributed by atoms with E-state index in [4.69, 9.17) is 4.74 Å². The number of hydrogen-bond donors (Lipinski definition) is 1. The predicted octanol–water partition coefficient (Wildman–Crippen LogP) is 7.85. The zero-order valence-corrected chi connectivity index (χ0v) is 22.8. The van der Waals surface area contributed by atoms with E-state index >= 15 is 0 Å². The van der Waals surface area contributed by atoms with E-state index in [0.717, 1.165) is 68.6 Å². The van der Waals surface area contributed by atoms with Crippen LogP contribution >= 0.6 is 0 Å². The molecule has 194 valence electrons. The van der Waals surface area contributed by atoms with Crippen LogP contribution < -0.4 is 0 Å². The maximum Gasteiger partial charge on any atom is 0.306 e. The molecule has 4 aliphatic carbocycles. The lowest BCUT2D eigenvalue weighted by Crippen LogP contribution is -2.50. The Bertz CT molecular complexity index is 737. The third kappa shape index (κ3) is 4.89. The molecule has 4 rings (SSSR count). The van der Waals surface area contributed by atoms with Crippen molar-refractivity contribution in [2.24, 2.45) is 40.4 Å². The van der Waals surface area contributed by atoms with Crippen molar-refractivity contribution in [2.45, 2.75) is 137 Å². The highest BCUT2D eigenvalue weighted by molar-refractivity contribution is 5.69. The average molecular weight is 473 g/mol. The Morgan fingerprint density at radius 3 is 2.50 bits per heavy atom. The summed E-state index contributed by atoms with van der Waals surface area (Å²) in [5.41, 5.74) is 2.32. The molecule has 0 heterocycles. The van der Waals surface area contributed by atoms with Crippen LogP contribution in [0.3, 0.4) is 0 Å². The van der Waals surface area contributed by atoms with Gasteiger partial charge in [0.15, 0.2) is 0 Å². The van der Waals surface area contributed by atoms with Gasteiger partial charge in [0.2, 0.25) is 0 Å². The number of ether oxygens (including phenoxy) is 1. The highest BCUT2D eigenvalue weighted by Gasteiger charge is 2.59. The fourth-order valence-corrected chi connectivity index (χ4v) is 9.31. The van der Waals surface area contributed by atoms with Crippen molar-refractivity contribution in [3.8, 4) is 0 Å². The normalized spacial score (nSPS) is 40.2. The first-order valence-electron chi connectivity index (χ1n) is 14.8. The Labute approximate surface area is 209 Å². The monoisotopic (exact) mass is 472 g/mol. The highest BCUT2D eigenvalue weighted by atomic mass is 16.5. The molecule has 3 heteroatoms. The fourth-order valence-electron chi connectivity index (χ4n) is 9.31. The molecule has 1 N–H and O–H groups in total. The summed E-state index contributed by atoms with van der Waals surface area (Å²) in [6, 6.07) is 0. The van der Waals surface area contributed by atoms with Gasteiger partial charge in [0.05, 0.1) is 6.10 Å². The molecule has 4 aliphatic rings. The van der Waals surface area contributed by atoms with E-state index in [1.807, 2.05) is 0 Å². The number of hydrogen-bond acceptors (Lipinski definition) is 3. The maximum absolute atomic E-state index is 12.6. The summed E-state index contributed by atoms with van der Waals surface area (Å²) in [7, 11) is 0. The molecule has 0 spiro atoms. The summed E-state index contributed by atoms with van der Waals surface area (Å²) >= 11 is 0. The zero-order valence-electron chi connectivity index (χ0n) is 22.8. The zero-order chi connectivity index (χ0) is 24.5. The fraction of sp³-hybridized carbons (Fsp3) is 0.903. The SMILES string of the molecule is CCCC(CCC)OC(=O)CC[C@@H](C)[C@H]1CC[C@H]2[C@@H]3CC=C4C[C@@H](O)CC[C@]4(C)[C@H]3CC[C@]12C. The summed E-state index contributed by atoms with van der Waals surface area (Å²) in [5.74, 6) is 3.79. The number of rotatable bonds is 9. The average Bonchev–Trinajstić information content (AvgIpc) is 3.15. The summed E-state index contributed by atoms with van der Waals surface area (Å²) in [6.07, 6.45) is 17.9. The summed E-state index contributed by atoms with van der Waals surface area (Å²) < 4.78 is 5.85. The Morgan fingerprint density at radius 2 is 1.79 bits per heavy atom. The molecule has 0 aliphatic heterocycles. The topological polar surface area (TPSA) is 46.5 Å². The van der Waals surface area contributed by atoms with Gasteiger partial charge < -0.3 is 9.84 Å². The van der Waals surface area contributed by atoms with Gasteiger partial charge in [-0.2, -0.15) is 0 Å². The van der Waals surface area contributed by atoms with Gasteiger partial charge in [-0.25, -0.2) is 0 Å². The van der Waals surface area contributed by atoms with Gasteiger partial charge in [-0.05, 0) is 111 Å². The predicted molar refractivity (Wildman–Crippen MR) is 139 cm³/mol. The van der Waals surface area contributed by atoms with E-state index in [1.165, 1.54) is 38.5 Å². The van der Waals surface area contributed by atoms with Crippen molar-refractivity contribution >= 4 is 5.97 Å². The minimum absolute atomic E-state index is 0.0273. The van der Waals surface area contributed by atoms with Gasteiger partial charge in [0.1, 0.15) is 6.10 Å². The van der Waals surface area contributed by atoms with E-state index in [0.29, 0.717) is 23.2 Å². The van der Waals surface area contributed by atoms with E-state index < -0.39 is 0 Å².